The van der Waals surface area contributed by atoms with Gasteiger partial charge in [-0.1, -0.05) is 50.5 Å². The van der Waals surface area contributed by atoms with E-state index >= 15 is 0 Å². The molecule has 5 nitrogen and oxygen atoms in total. The molecule has 2 aromatic carbocycles. The minimum Gasteiger partial charge on any atom is -0.504 e. The van der Waals surface area contributed by atoms with E-state index in [1.165, 1.54) is 0 Å². The molecule has 126 valence electrons. The quantitative estimate of drug-likeness (QED) is 0.389. The van der Waals surface area contributed by atoms with Crippen LogP contribution in [0.25, 0.3) is 0 Å². The highest BCUT2D eigenvalue weighted by Gasteiger charge is 2.38. The molecule has 0 saturated heterocycles. The minimum atomic E-state index is -0.869. The van der Waals surface area contributed by atoms with Gasteiger partial charge in [0.25, 0.3) is 0 Å². The van der Waals surface area contributed by atoms with Crippen molar-refractivity contribution < 1.29 is 25.2 Å². The molecule has 1 unspecified atom stereocenters. The second kappa shape index (κ2) is 6.07. The van der Waals surface area contributed by atoms with Gasteiger partial charge in [-0.15, -0.1) is 0 Å². The number of phenolic OH excluding ortho intramolecular Hbond substituents is 4. The fourth-order valence-corrected chi connectivity index (χ4v) is 3.48. The summed E-state index contributed by atoms with van der Waals surface area (Å²) in [5.74, 6) is -3.66. The van der Waals surface area contributed by atoms with Crippen LogP contribution in [0.4, 0.5) is 0 Å². The molecule has 24 heavy (non-hydrogen) atoms. The van der Waals surface area contributed by atoms with E-state index in [1.807, 2.05) is 12.1 Å². The number of carbonyl (C=O) groups is 1. The van der Waals surface area contributed by atoms with Gasteiger partial charge in [0.05, 0.1) is 5.56 Å². The molecule has 0 heterocycles. The monoisotopic (exact) mass is 328 g/mol. The van der Waals surface area contributed by atoms with Crippen LogP contribution in [0.2, 0.25) is 0 Å². The predicted octanol–water partition coefficient (Wildman–Crippen LogP) is 3.77. The molecule has 0 saturated carbocycles. The lowest BCUT2D eigenvalue weighted by molar-refractivity contribution is 0.102. The van der Waals surface area contributed by atoms with E-state index in [0.29, 0.717) is 12.0 Å². The maximum atomic E-state index is 12.8. The van der Waals surface area contributed by atoms with Crippen molar-refractivity contribution >= 4 is 5.78 Å². The lowest BCUT2D eigenvalue weighted by Crippen LogP contribution is -2.20. The van der Waals surface area contributed by atoms with Crippen molar-refractivity contribution in [2.24, 2.45) is 0 Å². The second-order valence-corrected chi connectivity index (χ2v) is 6.15. The molecule has 0 radical (unpaired) electrons. The van der Waals surface area contributed by atoms with E-state index in [-0.39, 0.29) is 17.0 Å². The summed E-state index contributed by atoms with van der Waals surface area (Å²) in [4.78, 5) is 12.8. The van der Waals surface area contributed by atoms with Crippen LogP contribution in [-0.4, -0.2) is 26.2 Å². The zero-order chi connectivity index (χ0) is 17.4. The Morgan fingerprint density at radius 2 is 1.58 bits per heavy atom. The zero-order valence-electron chi connectivity index (χ0n) is 13.4. The molecule has 0 bridgehead atoms. The smallest absolute Gasteiger partial charge is 0.205 e. The van der Waals surface area contributed by atoms with Gasteiger partial charge in [-0.25, -0.2) is 0 Å². The summed E-state index contributed by atoms with van der Waals surface area (Å²) in [5, 5.41) is 40.2. The molecule has 0 amide bonds. The summed E-state index contributed by atoms with van der Waals surface area (Å²) in [5.41, 5.74) is 1.29. The largest absolute Gasteiger partial charge is 0.504 e. The highest BCUT2D eigenvalue weighted by molar-refractivity contribution is 6.15. The molecular weight excluding hydrogens is 308 g/mol. The first-order valence-corrected chi connectivity index (χ1v) is 8.12. The number of aromatic hydroxyl groups is 4. The van der Waals surface area contributed by atoms with E-state index in [0.717, 1.165) is 24.8 Å². The van der Waals surface area contributed by atoms with Gasteiger partial charge in [0.1, 0.15) is 0 Å². The Balaban J connectivity index is 2.25. The Bertz CT molecular complexity index is 810. The van der Waals surface area contributed by atoms with Crippen molar-refractivity contribution in [3.63, 3.8) is 0 Å². The van der Waals surface area contributed by atoms with Crippen LogP contribution in [0.5, 0.6) is 23.0 Å². The minimum absolute atomic E-state index is 0.122. The molecule has 0 aromatic heterocycles. The number of carbonyl (C=O) groups excluding carboxylic acids is 1. The number of benzene rings is 2. The Hall–Kier alpha value is -2.69. The third-order valence-corrected chi connectivity index (χ3v) is 4.69. The second-order valence-electron chi connectivity index (χ2n) is 6.15. The Morgan fingerprint density at radius 1 is 0.917 bits per heavy atom. The molecule has 4 N–H and O–H groups in total. The van der Waals surface area contributed by atoms with Gasteiger partial charge in [-0.05, 0) is 12.0 Å². The van der Waals surface area contributed by atoms with Crippen molar-refractivity contribution in [2.45, 2.75) is 38.5 Å². The molecule has 1 atom stereocenters. The van der Waals surface area contributed by atoms with Crippen LogP contribution in [-0.2, 0) is 0 Å². The van der Waals surface area contributed by atoms with Gasteiger partial charge in [0, 0.05) is 17.0 Å². The van der Waals surface area contributed by atoms with Crippen LogP contribution in [0.15, 0.2) is 24.3 Å². The average molecular weight is 328 g/mol. The van der Waals surface area contributed by atoms with Crippen LogP contribution >= 0.6 is 0 Å². The summed E-state index contributed by atoms with van der Waals surface area (Å²) >= 11 is 0. The number of fused-ring (bicyclic) bond motifs is 2. The van der Waals surface area contributed by atoms with Crippen LogP contribution < -0.4 is 0 Å². The molecule has 0 fully saturated rings. The van der Waals surface area contributed by atoms with Gasteiger partial charge in [-0.3, -0.25) is 4.79 Å². The molecule has 3 rings (SSSR count). The van der Waals surface area contributed by atoms with Gasteiger partial charge < -0.3 is 20.4 Å². The highest BCUT2D eigenvalue weighted by Crippen LogP contribution is 2.54. The fourth-order valence-electron chi connectivity index (χ4n) is 3.48. The topological polar surface area (TPSA) is 98.0 Å². The third-order valence-electron chi connectivity index (χ3n) is 4.69. The zero-order valence-corrected chi connectivity index (χ0v) is 13.4. The molecule has 2 aromatic rings. The van der Waals surface area contributed by atoms with E-state index in [9.17, 15) is 25.2 Å². The van der Waals surface area contributed by atoms with E-state index in [2.05, 4.69) is 6.92 Å². The van der Waals surface area contributed by atoms with E-state index in [1.54, 1.807) is 12.1 Å². The maximum Gasteiger partial charge on any atom is 0.205 e. The summed E-state index contributed by atoms with van der Waals surface area (Å²) in [7, 11) is 0. The number of ketones is 1. The van der Waals surface area contributed by atoms with Crippen molar-refractivity contribution in [3.8, 4) is 23.0 Å². The number of phenols is 4. The van der Waals surface area contributed by atoms with Crippen molar-refractivity contribution in [1.29, 1.82) is 0 Å². The molecule has 0 spiro atoms. The van der Waals surface area contributed by atoms with Crippen LogP contribution in [0, 0.1) is 0 Å². The molecule has 1 aliphatic rings. The fraction of sp³-hybridized carbons (Fsp3) is 0.316. The van der Waals surface area contributed by atoms with E-state index < -0.39 is 28.8 Å². The number of rotatable bonds is 4. The van der Waals surface area contributed by atoms with E-state index in [4.69, 9.17) is 0 Å². The SMILES string of the molecule is CCCCCC1c2ccccc2C(=O)c2c(O)c(O)c(O)c(O)c21. The number of hydrogen-bond donors (Lipinski definition) is 4. The standard InChI is InChI=1S/C19H20O5/c1-2-3-4-8-11-10-7-5-6-9-12(10)15(20)14-13(11)16(21)18(23)19(24)17(14)22/h5-7,9,11,21-24H,2-4,8H2,1H3. The Labute approximate surface area is 139 Å². The summed E-state index contributed by atoms with van der Waals surface area (Å²) in [6.07, 6.45) is 3.57. The molecule has 0 aliphatic heterocycles. The van der Waals surface area contributed by atoms with Crippen molar-refractivity contribution in [1.82, 2.24) is 0 Å². The Kier molecular flexibility index (Phi) is 4.09. The number of unbranched alkanes of at least 4 members (excludes halogenated alkanes) is 2. The van der Waals surface area contributed by atoms with Crippen molar-refractivity contribution in [2.75, 3.05) is 0 Å². The third kappa shape index (κ3) is 2.28. The molecule has 1 aliphatic carbocycles. The first kappa shape index (κ1) is 16.2. The summed E-state index contributed by atoms with van der Waals surface area (Å²) in [6.45, 7) is 2.08. The van der Waals surface area contributed by atoms with Crippen molar-refractivity contribution in [3.05, 3.63) is 46.5 Å². The lowest BCUT2D eigenvalue weighted by Gasteiger charge is -2.29. The summed E-state index contributed by atoms with van der Waals surface area (Å²) in [6, 6.07) is 7.06. The molecule has 5 heteroatoms. The number of hydrogen-bond acceptors (Lipinski definition) is 5. The van der Waals surface area contributed by atoms with Gasteiger partial charge in [0.2, 0.25) is 11.5 Å². The van der Waals surface area contributed by atoms with Crippen LogP contribution in [0.1, 0.15) is 65.6 Å². The normalized spacial score (nSPS) is 15.9. The summed E-state index contributed by atoms with van der Waals surface area (Å²) < 4.78 is 0. The molecular formula is C19H20O5. The Morgan fingerprint density at radius 3 is 2.29 bits per heavy atom. The highest BCUT2D eigenvalue weighted by atomic mass is 16.3. The van der Waals surface area contributed by atoms with Gasteiger partial charge in [-0.2, -0.15) is 0 Å². The van der Waals surface area contributed by atoms with Gasteiger partial charge >= 0.3 is 0 Å². The lowest BCUT2D eigenvalue weighted by atomic mass is 9.74. The first-order chi connectivity index (χ1) is 11.5. The first-order valence-electron chi connectivity index (χ1n) is 8.12. The predicted molar refractivity (Wildman–Crippen MR) is 89.0 cm³/mol. The maximum absolute atomic E-state index is 12.8. The van der Waals surface area contributed by atoms with Gasteiger partial charge in [0.15, 0.2) is 17.3 Å². The average Bonchev–Trinajstić information content (AvgIpc) is 2.60. The van der Waals surface area contributed by atoms with Crippen LogP contribution in [0.3, 0.4) is 0 Å².